The molecular weight excluding hydrogens is 398 g/mol. The number of piperidine rings is 1. The molecule has 0 saturated carbocycles. The molecule has 0 aliphatic carbocycles. The Morgan fingerprint density at radius 2 is 1.45 bits per heavy atom. The monoisotopic (exact) mass is 433 g/mol. The highest BCUT2D eigenvalue weighted by Crippen LogP contribution is 2.19. The molecule has 0 N–H and O–H groups in total. The molecule has 0 aromatic rings. The summed E-state index contributed by atoms with van der Waals surface area (Å²) < 4.78 is 33.9. The Morgan fingerprint density at radius 1 is 0.742 bits per heavy atom. The van der Waals surface area contributed by atoms with Gasteiger partial charge in [-0.15, -0.1) is 0 Å². The fourth-order valence-electron chi connectivity index (χ4n) is 3.41. The van der Waals surface area contributed by atoms with E-state index in [4.69, 9.17) is 28.4 Å². The van der Waals surface area contributed by atoms with Gasteiger partial charge >= 0.3 is 0 Å². The van der Waals surface area contributed by atoms with E-state index in [0.29, 0.717) is 65.9 Å². The quantitative estimate of drug-likeness (QED) is 0.589. The molecule has 3 aliphatic rings. The van der Waals surface area contributed by atoms with Crippen molar-refractivity contribution >= 4 is 0 Å². The third-order valence-corrected chi connectivity index (χ3v) is 5.06. The summed E-state index contributed by atoms with van der Waals surface area (Å²) >= 11 is 0. The number of allylic oxidation sites excluding steroid dienone is 3. The molecule has 3 rings (SSSR count). The topological polar surface area (TPSA) is 58.6 Å². The normalized spacial score (nSPS) is 25.6. The molecule has 0 aromatic carbocycles. The predicted molar refractivity (Wildman–Crippen MR) is 117 cm³/mol. The van der Waals surface area contributed by atoms with E-state index in [9.17, 15) is 0 Å². The van der Waals surface area contributed by atoms with Crippen molar-refractivity contribution in [2.24, 2.45) is 0 Å². The Bertz CT molecular complexity index is 669. The van der Waals surface area contributed by atoms with Crippen LogP contribution in [0.1, 0.15) is 25.7 Å². The first-order valence-electron chi connectivity index (χ1n) is 11.3. The SMILES string of the molecule is C(#CC1=C/OCCOCCOCCOCCC2=C(/C=C\1)OCCO2)CN1CCCCC1. The van der Waals surface area contributed by atoms with Gasteiger partial charge in [0.1, 0.15) is 25.6 Å². The van der Waals surface area contributed by atoms with E-state index in [1.165, 1.54) is 19.3 Å². The van der Waals surface area contributed by atoms with Crippen LogP contribution in [0.25, 0.3) is 0 Å². The molecular formula is C24H35NO6. The minimum Gasteiger partial charge on any atom is -0.497 e. The van der Waals surface area contributed by atoms with Gasteiger partial charge in [-0.2, -0.15) is 0 Å². The summed E-state index contributed by atoms with van der Waals surface area (Å²) in [6, 6.07) is 0. The third kappa shape index (κ3) is 9.79. The Hall–Kier alpha value is -1.98. The molecule has 1 fully saturated rings. The van der Waals surface area contributed by atoms with Crippen molar-refractivity contribution < 1.29 is 28.4 Å². The number of nitrogens with zero attached hydrogens (tertiary/aromatic N) is 1. The second kappa shape index (κ2) is 14.9. The summed E-state index contributed by atoms with van der Waals surface area (Å²) in [6.45, 7) is 7.81. The first kappa shape index (κ1) is 23.7. The number of rotatable bonds is 1. The highest BCUT2D eigenvalue weighted by Gasteiger charge is 2.13. The molecule has 0 radical (unpaired) electrons. The first-order chi connectivity index (χ1) is 15.4. The van der Waals surface area contributed by atoms with Crippen LogP contribution in [0.4, 0.5) is 0 Å². The fourth-order valence-corrected chi connectivity index (χ4v) is 3.41. The molecule has 3 heterocycles. The summed E-state index contributed by atoms with van der Waals surface area (Å²) in [4.78, 5) is 2.40. The highest BCUT2D eigenvalue weighted by molar-refractivity contribution is 5.39. The Balaban J connectivity index is 1.66. The molecule has 0 spiro atoms. The highest BCUT2D eigenvalue weighted by atomic mass is 16.6. The van der Waals surface area contributed by atoms with Crippen LogP contribution in [0, 0.1) is 11.8 Å². The second-order valence-corrected chi connectivity index (χ2v) is 7.49. The van der Waals surface area contributed by atoms with Gasteiger partial charge in [0.15, 0.2) is 5.76 Å². The van der Waals surface area contributed by atoms with Crippen molar-refractivity contribution in [1.29, 1.82) is 0 Å². The lowest BCUT2D eigenvalue weighted by atomic mass is 10.1. The van der Waals surface area contributed by atoms with Gasteiger partial charge in [0.05, 0.1) is 58.0 Å². The summed E-state index contributed by atoms with van der Waals surface area (Å²) in [6.07, 6.45) is 10.0. The molecule has 0 atom stereocenters. The van der Waals surface area contributed by atoms with Gasteiger partial charge in [0.2, 0.25) is 0 Å². The van der Waals surface area contributed by atoms with Crippen molar-refractivity contribution in [2.75, 3.05) is 79.1 Å². The summed E-state index contributed by atoms with van der Waals surface area (Å²) in [7, 11) is 0. The van der Waals surface area contributed by atoms with E-state index in [1.807, 2.05) is 12.2 Å². The summed E-state index contributed by atoms with van der Waals surface area (Å²) in [5.41, 5.74) is 0.790. The van der Waals surface area contributed by atoms with Crippen LogP contribution in [0.2, 0.25) is 0 Å². The van der Waals surface area contributed by atoms with E-state index in [0.717, 1.165) is 36.7 Å². The standard InChI is InChI=1S/C24H35NO6/c1-2-9-25(10-3-1)11-4-5-22-6-7-23-24(31-20-19-30-23)8-12-26-13-14-27-15-16-28-17-18-29-21-22/h6-7,21H,1-3,8-20H2/b7-6-,22-21-. The van der Waals surface area contributed by atoms with Crippen LogP contribution in [-0.4, -0.2) is 84.0 Å². The molecule has 1 saturated heterocycles. The van der Waals surface area contributed by atoms with Gasteiger partial charge in [0.25, 0.3) is 0 Å². The molecule has 0 amide bonds. The Labute approximate surface area is 185 Å². The number of hydrogen-bond donors (Lipinski definition) is 0. The molecule has 172 valence electrons. The maximum Gasteiger partial charge on any atom is 0.157 e. The van der Waals surface area contributed by atoms with Gasteiger partial charge in [0, 0.05) is 6.42 Å². The van der Waals surface area contributed by atoms with Crippen LogP contribution < -0.4 is 0 Å². The molecule has 0 bridgehead atoms. The Morgan fingerprint density at radius 3 is 2.26 bits per heavy atom. The van der Waals surface area contributed by atoms with Gasteiger partial charge in [-0.25, -0.2) is 0 Å². The van der Waals surface area contributed by atoms with Crippen LogP contribution in [0.15, 0.2) is 35.5 Å². The minimum atomic E-state index is 0.460. The van der Waals surface area contributed by atoms with Gasteiger partial charge in [-0.3, -0.25) is 4.90 Å². The minimum absolute atomic E-state index is 0.460. The smallest absolute Gasteiger partial charge is 0.157 e. The number of hydrogen-bond acceptors (Lipinski definition) is 7. The van der Waals surface area contributed by atoms with Crippen LogP contribution in [-0.2, 0) is 28.4 Å². The lowest BCUT2D eigenvalue weighted by Gasteiger charge is -2.23. The Kier molecular flexibility index (Phi) is 11.4. The maximum atomic E-state index is 5.81. The summed E-state index contributed by atoms with van der Waals surface area (Å²) in [5, 5.41) is 0. The maximum absolute atomic E-state index is 5.81. The first-order valence-corrected chi connectivity index (χ1v) is 11.3. The lowest BCUT2D eigenvalue weighted by Crippen LogP contribution is -2.29. The van der Waals surface area contributed by atoms with Crippen molar-refractivity contribution in [2.45, 2.75) is 25.7 Å². The van der Waals surface area contributed by atoms with E-state index in [-0.39, 0.29) is 0 Å². The van der Waals surface area contributed by atoms with Crippen LogP contribution in [0.3, 0.4) is 0 Å². The largest absolute Gasteiger partial charge is 0.497 e. The zero-order valence-corrected chi connectivity index (χ0v) is 18.4. The fraction of sp³-hybridized carbons (Fsp3) is 0.667. The van der Waals surface area contributed by atoms with Gasteiger partial charge in [-0.05, 0) is 38.1 Å². The van der Waals surface area contributed by atoms with E-state index >= 15 is 0 Å². The average Bonchev–Trinajstić information content (AvgIpc) is 2.81. The van der Waals surface area contributed by atoms with E-state index in [1.54, 1.807) is 6.26 Å². The van der Waals surface area contributed by atoms with Gasteiger partial charge < -0.3 is 28.4 Å². The van der Waals surface area contributed by atoms with Crippen LogP contribution >= 0.6 is 0 Å². The predicted octanol–water partition coefficient (Wildman–Crippen LogP) is 2.64. The number of ether oxygens (including phenoxy) is 6. The molecule has 3 aliphatic heterocycles. The van der Waals surface area contributed by atoms with Crippen molar-refractivity contribution in [1.82, 2.24) is 4.90 Å². The van der Waals surface area contributed by atoms with E-state index in [2.05, 4.69) is 16.7 Å². The molecule has 0 unspecified atom stereocenters. The molecule has 7 heteroatoms. The zero-order chi connectivity index (χ0) is 21.4. The number of likely N-dealkylation sites (tertiary alicyclic amines) is 1. The average molecular weight is 434 g/mol. The van der Waals surface area contributed by atoms with Gasteiger partial charge in [-0.1, -0.05) is 18.3 Å². The molecule has 0 aromatic heterocycles. The molecule has 7 nitrogen and oxygen atoms in total. The van der Waals surface area contributed by atoms with Crippen LogP contribution in [0.5, 0.6) is 0 Å². The zero-order valence-electron chi connectivity index (χ0n) is 18.4. The lowest BCUT2D eigenvalue weighted by molar-refractivity contribution is 0.00311. The molecule has 31 heavy (non-hydrogen) atoms. The van der Waals surface area contributed by atoms with E-state index < -0.39 is 0 Å². The van der Waals surface area contributed by atoms with Crippen molar-refractivity contribution in [3.05, 3.63) is 35.5 Å². The second-order valence-electron chi connectivity index (χ2n) is 7.49. The van der Waals surface area contributed by atoms with Crippen molar-refractivity contribution in [3.63, 3.8) is 0 Å². The summed E-state index contributed by atoms with van der Waals surface area (Å²) in [5.74, 6) is 8.05. The third-order valence-electron chi connectivity index (χ3n) is 5.06. The van der Waals surface area contributed by atoms with Crippen molar-refractivity contribution in [3.8, 4) is 11.8 Å².